The Bertz CT molecular complexity index is 428. The molecule has 1 aliphatic rings. The number of nitrogens with zero attached hydrogens (tertiary/aromatic N) is 3. The van der Waals surface area contributed by atoms with E-state index in [1.54, 1.807) is 0 Å². The van der Waals surface area contributed by atoms with Gasteiger partial charge in [-0.15, -0.1) is 0 Å². The second-order valence-electron chi connectivity index (χ2n) is 4.97. The fourth-order valence-corrected chi connectivity index (χ4v) is 2.60. The SMILES string of the molecule is Cc1cc(C)n(CCC(=O)N2CCC[C@H]2CO)n1. The Kier molecular flexibility index (Phi) is 4.01. The molecule has 1 amide bonds. The fourth-order valence-electron chi connectivity index (χ4n) is 2.60. The molecule has 0 bridgehead atoms. The standard InChI is InChI=1S/C13H21N3O2/c1-10-8-11(2)16(14-10)7-5-13(18)15-6-3-4-12(15)9-17/h8,12,17H,3-7,9H2,1-2H3/t12-/m0/s1. The predicted molar refractivity (Wildman–Crippen MR) is 68.1 cm³/mol. The number of aliphatic hydroxyl groups excluding tert-OH is 1. The van der Waals surface area contributed by atoms with Crippen molar-refractivity contribution in [2.24, 2.45) is 0 Å². The van der Waals surface area contributed by atoms with Crippen molar-refractivity contribution < 1.29 is 9.90 Å². The van der Waals surface area contributed by atoms with Gasteiger partial charge in [0.15, 0.2) is 0 Å². The Hall–Kier alpha value is -1.36. The Balaban J connectivity index is 1.90. The molecule has 1 atom stereocenters. The van der Waals surface area contributed by atoms with Crippen LogP contribution in [0.15, 0.2) is 6.07 Å². The molecule has 2 rings (SSSR count). The first-order valence-electron chi connectivity index (χ1n) is 6.53. The van der Waals surface area contributed by atoms with Gasteiger partial charge in [-0.05, 0) is 32.8 Å². The summed E-state index contributed by atoms with van der Waals surface area (Å²) in [6, 6.07) is 2.04. The number of hydrogen-bond donors (Lipinski definition) is 1. The summed E-state index contributed by atoms with van der Waals surface area (Å²) in [5, 5.41) is 13.6. The van der Waals surface area contributed by atoms with Crippen LogP contribution < -0.4 is 0 Å². The van der Waals surface area contributed by atoms with Crippen molar-refractivity contribution in [1.82, 2.24) is 14.7 Å². The Morgan fingerprint density at radius 1 is 1.56 bits per heavy atom. The monoisotopic (exact) mass is 251 g/mol. The lowest BCUT2D eigenvalue weighted by Gasteiger charge is -2.23. The maximum absolute atomic E-state index is 12.1. The Labute approximate surface area is 107 Å². The minimum atomic E-state index is 0.0259. The van der Waals surface area contributed by atoms with Crippen molar-refractivity contribution in [2.45, 2.75) is 45.7 Å². The zero-order valence-corrected chi connectivity index (χ0v) is 11.1. The summed E-state index contributed by atoms with van der Waals surface area (Å²) in [6.45, 7) is 5.42. The van der Waals surface area contributed by atoms with Gasteiger partial charge in [0.25, 0.3) is 0 Å². The molecule has 5 heteroatoms. The van der Waals surface area contributed by atoms with Gasteiger partial charge in [0, 0.05) is 25.2 Å². The van der Waals surface area contributed by atoms with Crippen LogP contribution >= 0.6 is 0 Å². The van der Waals surface area contributed by atoms with E-state index in [4.69, 9.17) is 0 Å². The molecule has 0 unspecified atom stereocenters. The summed E-state index contributed by atoms with van der Waals surface area (Å²) < 4.78 is 1.87. The number of rotatable bonds is 4. The molecule has 1 fully saturated rings. The number of aryl methyl sites for hydroxylation is 3. The highest BCUT2D eigenvalue weighted by atomic mass is 16.3. The molecule has 0 aromatic carbocycles. The predicted octanol–water partition coefficient (Wildman–Crippen LogP) is 0.873. The van der Waals surface area contributed by atoms with Crippen molar-refractivity contribution in [3.05, 3.63) is 17.5 Å². The van der Waals surface area contributed by atoms with Crippen molar-refractivity contribution in [3.8, 4) is 0 Å². The van der Waals surface area contributed by atoms with Crippen LogP contribution in [0.1, 0.15) is 30.7 Å². The molecule has 100 valence electrons. The molecule has 1 aliphatic heterocycles. The van der Waals surface area contributed by atoms with Gasteiger partial charge in [0.1, 0.15) is 0 Å². The van der Waals surface area contributed by atoms with E-state index in [-0.39, 0.29) is 18.6 Å². The summed E-state index contributed by atoms with van der Waals surface area (Å²) >= 11 is 0. The number of carbonyl (C=O) groups is 1. The average molecular weight is 251 g/mol. The van der Waals surface area contributed by atoms with Gasteiger partial charge in [-0.2, -0.15) is 5.10 Å². The average Bonchev–Trinajstić information content (AvgIpc) is 2.92. The molecule has 1 aromatic heterocycles. The largest absolute Gasteiger partial charge is 0.394 e. The van der Waals surface area contributed by atoms with E-state index < -0.39 is 0 Å². The van der Waals surface area contributed by atoms with Gasteiger partial charge in [-0.1, -0.05) is 0 Å². The number of carbonyl (C=O) groups excluding carboxylic acids is 1. The molecule has 0 spiro atoms. The van der Waals surface area contributed by atoms with Crippen LogP contribution in [0.2, 0.25) is 0 Å². The molecule has 5 nitrogen and oxygen atoms in total. The van der Waals surface area contributed by atoms with Crippen molar-refractivity contribution >= 4 is 5.91 Å². The third-order valence-corrected chi connectivity index (χ3v) is 3.55. The van der Waals surface area contributed by atoms with Gasteiger partial charge in [-0.25, -0.2) is 0 Å². The lowest BCUT2D eigenvalue weighted by atomic mass is 10.2. The number of aromatic nitrogens is 2. The summed E-state index contributed by atoms with van der Waals surface area (Å²) in [5.41, 5.74) is 2.06. The lowest BCUT2D eigenvalue weighted by molar-refractivity contribution is -0.133. The summed E-state index contributed by atoms with van der Waals surface area (Å²) in [7, 11) is 0. The highest BCUT2D eigenvalue weighted by Gasteiger charge is 2.27. The van der Waals surface area contributed by atoms with Crippen molar-refractivity contribution in [3.63, 3.8) is 0 Å². The molecule has 18 heavy (non-hydrogen) atoms. The molecule has 1 aromatic rings. The van der Waals surface area contributed by atoms with Crippen molar-refractivity contribution in [1.29, 1.82) is 0 Å². The van der Waals surface area contributed by atoms with Crippen LogP contribution in [0.4, 0.5) is 0 Å². The second-order valence-corrected chi connectivity index (χ2v) is 4.97. The van der Waals surface area contributed by atoms with Crippen LogP contribution in [0.25, 0.3) is 0 Å². The molecule has 0 aliphatic carbocycles. The van der Waals surface area contributed by atoms with Gasteiger partial charge < -0.3 is 10.0 Å². The maximum Gasteiger partial charge on any atom is 0.224 e. The van der Waals surface area contributed by atoms with Gasteiger partial charge in [0.2, 0.25) is 5.91 Å². The molecular weight excluding hydrogens is 230 g/mol. The molecular formula is C13H21N3O2. The topological polar surface area (TPSA) is 58.4 Å². The van der Waals surface area contributed by atoms with Crippen LogP contribution in [0.5, 0.6) is 0 Å². The highest BCUT2D eigenvalue weighted by Crippen LogP contribution is 2.18. The zero-order valence-electron chi connectivity index (χ0n) is 11.1. The summed E-state index contributed by atoms with van der Waals surface area (Å²) in [5.74, 6) is 0.124. The van der Waals surface area contributed by atoms with Crippen LogP contribution in [-0.4, -0.2) is 44.9 Å². The second kappa shape index (κ2) is 5.52. The van der Waals surface area contributed by atoms with Gasteiger partial charge in [-0.3, -0.25) is 9.48 Å². The van der Waals surface area contributed by atoms with E-state index in [0.29, 0.717) is 13.0 Å². The molecule has 2 heterocycles. The zero-order chi connectivity index (χ0) is 13.1. The first kappa shape index (κ1) is 13.1. The fraction of sp³-hybridized carbons (Fsp3) is 0.692. The molecule has 0 radical (unpaired) electrons. The number of aliphatic hydroxyl groups is 1. The van der Waals surface area contributed by atoms with Crippen LogP contribution in [0.3, 0.4) is 0 Å². The molecule has 1 N–H and O–H groups in total. The third kappa shape index (κ3) is 2.72. The van der Waals surface area contributed by atoms with E-state index in [9.17, 15) is 9.90 Å². The normalized spacial score (nSPS) is 19.5. The van der Waals surface area contributed by atoms with E-state index in [1.165, 1.54) is 0 Å². The van der Waals surface area contributed by atoms with E-state index in [2.05, 4.69) is 5.10 Å². The van der Waals surface area contributed by atoms with E-state index >= 15 is 0 Å². The quantitative estimate of drug-likeness (QED) is 0.864. The maximum atomic E-state index is 12.1. The molecule has 0 saturated carbocycles. The van der Waals surface area contributed by atoms with Crippen molar-refractivity contribution in [2.75, 3.05) is 13.2 Å². The summed E-state index contributed by atoms with van der Waals surface area (Å²) in [4.78, 5) is 13.9. The Morgan fingerprint density at radius 3 is 2.94 bits per heavy atom. The smallest absolute Gasteiger partial charge is 0.224 e. The molecule has 1 saturated heterocycles. The van der Waals surface area contributed by atoms with E-state index in [0.717, 1.165) is 30.8 Å². The number of amides is 1. The van der Waals surface area contributed by atoms with Gasteiger partial charge in [0.05, 0.1) is 18.3 Å². The Morgan fingerprint density at radius 2 is 2.33 bits per heavy atom. The number of likely N-dealkylation sites (tertiary alicyclic amines) is 1. The van der Waals surface area contributed by atoms with Gasteiger partial charge >= 0.3 is 0 Å². The van der Waals surface area contributed by atoms with Crippen LogP contribution in [0, 0.1) is 13.8 Å². The third-order valence-electron chi connectivity index (χ3n) is 3.55. The number of hydrogen-bond acceptors (Lipinski definition) is 3. The van der Waals surface area contributed by atoms with E-state index in [1.807, 2.05) is 29.5 Å². The summed E-state index contributed by atoms with van der Waals surface area (Å²) in [6.07, 6.45) is 2.37. The first-order chi connectivity index (χ1) is 8.61. The lowest BCUT2D eigenvalue weighted by Crippen LogP contribution is -2.38. The highest BCUT2D eigenvalue weighted by molar-refractivity contribution is 5.76. The minimum Gasteiger partial charge on any atom is -0.394 e. The first-order valence-corrected chi connectivity index (χ1v) is 6.53. The minimum absolute atomic E-state index is 0.0259. The van der Waals surface area contributed by atoms with Crippen LogP contribution in [-0.2, 0) is 11.3 Å².